The molecular formula is C15H22N4S. The van der Waals surface area contributed by atoms with Gasteiger partial charge in [-0.05, 0) is 25.2 Å². The Kier molecular flexibility index (Phi) is 4.38. The van der Waals surface area contributed by atoms with Crippen molar-refractivity contribution in [3.05, 3.63) is 22.6 Å². The number of anilines is 1. The Bertz CT molecular complexity index is 602. The Labute approximate surface area is 124 Å². The number of hydrogen-bond donors (Lipinski definition) is 1. The first-order valence-corrected chi connectivity index (χ1v) is 7.79. The van der Waals surface area contributed by atoms with Crippen molar-refractivity contribution in [1.29, 1.82) is 0 Å². The maximum atomic E-state index is 6.01. The van der Waals surface area contributed by atoms with Crippen molar-refractivity contribution in [3.8, 4) is 10.6 Å². The van der Waals surface area contributed by atoms with Crippen LogP contribution in [0.1, 0.15) is 50.0 Å². The van der Waals surface area contributed by atoms with Crippen molar-refractivity contribution < 1.29 is 0 Å². The lowest BCUT2D eigenvalue weighted by atomic mass is 10.0. The largest absolute Gasteiger partial charge is 0.383 e. The van der Waals surface area contributed by atoms with E-state index in [9.17, 15) is 0 Å². The molecule has 0 bridgehead atoms. The molecular weight excluding hydrogens is 268 g/mol. The SMILES string of the molecule is Cc1ncc(-c2nc(CC(C)C)c(C(C)C)s2)c(N)n1. The Morgan fingerprint density at radius 2 is 1.90 bits per heavy atom. The summed E-state index contributed by atoms with van der Waals surface area (Å²) in [4.78, 5) is 14.6. The molecule has 5 heteroatoms. The predicted octanol–water partition coefficient (Wildman–Crippen LogP) is 3.81. The summed E-state index contributed by atoms with van der Waals surface area (Å²) in [5.41, 5.74) is 8.04. The number of nitrogens with two attached hydrogens (primary N) is 1. The first-order chi connectivity index (χ1) is 9.38. The third kappa shape index (κ3) is 3.15. The van der Waals surface area contributed by atoms with Gasteiger partial charge in [-0.25, -0.2) is 15.0 Å². The van der Waals surface area contributed by atoms with Crippen molar-refractivity contribution in [2.24, 2.45) is 5.92 Å². The van der Waals surface area contributed by atoms with Crippen molar-refractivity contribution in [2.75, 3.05) is 5.73 Å². The molecule has 0 saturated carbocycles. The minimum atomic E-state index is 0.475. The summed E-state index contributed by atoms with van der Waals surface area (Å²) < 4.78 is 0. The molecule has 0 atom stereocenters. The predicted molar refractivity (Wildman–Crippen MR) is 84.9 cm³/mol. The summed E-state index contributed by atoms with van der Waals surface area (Å²) in [5.74, 6) is 2.27. The zero-order chi connectivity index (χ0) is 14.9. The van der Waals surface area contributed by atoms with Gasteiger partial charge in [-0.3, -0.25) is 0 Å². The quantitative estimate of drug-likeness (QED) is 0.930. The van der Waals surface area contributed by atoms with Gasteiger partial charge in [0.15, 0.2) is 0 Å². The third-order valence-corrected chi connectivity index (χ3v) is 4.45. The molecule has 2 aromatic heterocycles. The average molecular weight is 290 g/mol. The van der Waals surface area contributed by atoms with Crippen LogP contribution in [0.3, 0.4) is 0 Å². The van der Waals surface area contributed by atoms with Gasteiger partial charge in [-0.1, -0.05) is 27.7 Å². The van der Waals surface area contributed by atoms with Crippen LogP contribution in [-0.4, -0.2) is 15.0 Å². The third-order valence-electron chi connectivity index (χ3n) is 3.02. The van der Waals surface area contributed by atoms with E-state index in [0.717, 1.165) is 17.0 Å². The van der Waals surface area contributed by atoms with Gasteiger partial charge in [0.1, 0.15) is 16.6 Å². The van der Waals surface area contributed by atoms with Crippen molar-refractivity contribution in [3.63, 3.8) is 0 Å². The summed E-state index contributed by atoms with van der Waals surface area (Å²) in [6.45, 7) is 10.7. The van der Waals surface area contributed by atoms with Crippen molar-refractivity contribution in [1.82, 2.24) is 15.0 Å². The van der Waals surface area contributed by atoms with Crippen molar-refractivity contribution >= 4 is 17.2 Å². The lowest BCUT2D eigenvalue weighted by Gasteiger charge is -2.06. The Balaban J connectivity index is 2.47. The summed E-state index contributed by atoms with van der Waals surface area (Å²) in [6.07, 6.45) is 2.77. The molecule has 0 saturated heterocycles. The Morgan fingerprint density at radius 3 is 2.45 bits per heavy atom. The molecule has 0 fully saturated rings. The number of thiazole rings is 1. The van der Waals surface area contributed by atoms with E-state index in [1.165, 1.54) is 10.6 Å². The number of aryl methyl sites for hydroxylation is 1. The lowest BCUT2D eigenvalue weighted by molar-refractivity contribution is 0.630. The zero-order valence-electron chi connectivity index (χ0n) is 12.8. The minimum Gasteiger partial charge on any atom is -0.383 e. The van der Waals surface area contributed by atoms with E-state index in [0.29, 0.717) is 23.5 Å². The van der Waals surface area contributed by atoms with E-state index in [1.807, 2.05) is 6.92 Å². The Morgan fingerprint density at radius 1 is 1.20 bits per heavy atom. The molecule has 0 aliphatic carbocycles. The van der Waals surface area contributed by atoms with Gasteiger partial charge >= 0.3 is 0 Å². The number of hydrogen-bond acceptors (Lipinski definition) is 5. The van der Waals surface area contributed by atoms with Gasteiger partial charge in [-0.15, -0.1) is 11.3 Å². The fraction of sp³-hybridized carbons (Fsp3) is 0.533. The summed E-state index contributed by atoms with van der Waals surface area (Å²) >= 11 is 1.71. The van der Waals surface area contributed by atoms with Crippen LogP contribution in [0.15, 0.2) is 6.20 Å². The van der Waals surface area contributed by atoms with Crippen LogP contribution >= 0.6 is 11.3 Å². The maximum absolute atomic E-state index is 6.01. The van der Waals surface area contributed by atoms with Gasteiger partial charge in [0.05, 0.1) is 11.3 Å². The molecule has 2 rings (SSSR count). The topological polar surface area (TPSA) is 64.7 Å². The van der Waals surface area contributed by atoms with Gasteiger partial charge in [0.2, 0.25) is 0 Å². The highest BCUT2D eigenvalue weighted by Gasteiger charge is 2.18. The van der Waals surface area contributed by atoms with Crippen LogP contribution < -0.4 is 5.73 Å². The summed E-state index contributed by atoms with van der Waals surface area (Å²) in [6, 6.07) is 0. The first kappa shape index (κ1) is 14.9. The molecule has 108 valence electrons. The molecule has 0 amide bonds. The number of rotatable bonds is 4. The number of nitrogens with zero attached hydrogens (tertiary/aromatic N) is 3. The highest BCUT2D eigenvalue weighted by atomic mass is 32.1. The maximum Gasteiger partial charge on any atom is 0.137 e. The van der Waals surface area contributed by atoms with Crippen LogP contribution in [0.25, 0.3) is 10.6 Å². The zero-order valence-corrected chi connectivity index (χ0v) is 13.6. The molecule has 0 radical (unpaired) electrons. The van der Waals surface area contributed by atoms with Gasteiger partial charge in [0.25, 0.3) is 0 Å². The van der Waals surface area contributed by atoms with Gasteiger partial charge in [0, 0.05) is 11.1 Å². The number of aromatic nitrogens is 3. The fourth-order valence-electron chi connectivity index (χ4n) is 2.12. The van der Waals surface area contributed by atoms with Crippen LogP contribution in [0.2, 0.25) is 0 Å². The van der Waals surface area contributed by atoms with E-state index in [2.05, 4.69) is 37.7 Å². The molecule has 0 aromatic carbocycles. The van der Waals surface area contributed by atoms with Gasteiger partial charge in [-0.2, -0.15) is 0 Å². The van der Waals surface area contributed by atoms with Crippen LogP contribution in [0.4, 0.5) is 5.82 Å². The molecule has 0 spiro atoms. The molecule has 2 heterocycles. The van der Waals surface area contributed by atoms with Crippen molar-refractivity contribution in [2.45, 2.75) is 47.0 Å². The van der Waals surface area contributed by atoms with Crippen LogP contribution in [-0.2, 0) is 6.42 Å². The second-order valence-corrected chi connectivity index (χ2v) is 6.83. The lowest BCUT2D eigenvalue weighted by Crippen LogP contribution is -2.00. The number of nitrogen functional groups attached to an aromatic ring is 1. The van der Waals surface area contributed by atoms with Gasteiger partial charge < -0.3 is 5.73 Å². The molecule has 0 aliphatic heterocycles. The fourth-order valence-corrected chi connectivity index (χ4v) is 3.23. The monoisotopic (exact) mass is 290 g/mol. The molecule has 2 aromatic rings. The molecule has 4 nitrogen and oxygen atoms in total. The molecule has 2 N–H and O–H groups in total. The normalized spacial score (nSPS) is 11.6. The highest BCUT2D eigenvalue weighted by molar-refractivity contribution is 7.15. The van der Waals surface area contributed by atoms with E-state index in [4.69, 9.17) is 10.7 Å². The Hall–Kier alpha value is -1.49. The van der Waals surface area contributed by atoms with E-state index < -0.39 is 0 Å². The second-order valence-electron chi connectivity index (χ2n) is 5.80. The molecule has 0 aliphatic rings. The van der Waals surface area contributed by atoms with E-state index in [-0.39, 0.29) is 0 Å². The average Bonchev–Trinajstić information content (AvgIpc) is 2.71. The second kappa shape index (κ2) is 5.87. The van der Waals surface area contributed by atoms with Crippen LogP contribution in [0.5, 0.6) is 0 Å². The van der Waals surface area contributed by atoms with E-state index in [1.54, 1.807) is 17.5 Å². The van der Waals surface area contributed by atoms with Crippen LogP contribution in [0, 0.1) is 12.8 Å². The highest BCUT2D eigenvalue weighted by Crippen LogP contribution is 2.35. The summed E-state index contributed by atoms with van der Waals surface area (Å²) in [7, 11) is 0. The molecule has 0 unspecified atom stereocenters. The van der Waals surface area contributed by atoms with E-state index >= 15 is 0 Å². The smallest absolute Gasteiger partial charge is 0.137 e. The minimum absolute atomic E-state index is 0.475. The summed E-state index contributed by atoms with van der Waals surface area (Å²) in [5, 5.41) is 0.932. The first-order valence-electron chi connectivity index (χ1n) is 6.97. The standard InChI is InChI=1S/C15H22N4S/c1-8(2)6-12-13(9(3)4)20-15(19-12)11-7-17-10(5)18-14(11)16/h7-9H,6H2,1-5H3,(H2,16,17,18). The molecule has 20 heavy (non-hydrogen) atoms.